The Morgan fingerprint density at radius 3 is 2.96 bits per heavy atom. The van der Waals surface area contributed by atoms with Crippen molar-refractivity contribution in [1.29, 1.82) is 0 Å². The van der Waals surface area contributed by atoms with E-state index in [0.29, 0.717) is 29.3 Å². The van der Waals surface area contributed by atoms with Crippen molar-refractivity contribution in [3.05, 3.63) is 12.7 Å². The zero-order valence-corrected chi connectivity index (χ0v) is 14.6. The number of nitrogens with one attached hydrogen (secondary N) is 1. The third-order valence-electron chi connectivity index (χ3n) is 4.57. The molecule has 136 valence electrons. The lowest BCUT2D eigenvalue weighted by molar-refractivity contribution is -0.0288. The summed E-state index contributed by atoms with van der Waals surface area (Å²) in [6.45, 7) is 1.37. The van der Waals surface area contributed by atoms with Crippen LogP contribution in [-0.2, 0) is 9.47 Å². The summed E-state index contributed by atoms with van der Waals surface area (Å²) in [5.41, 5.74) is 1.16. The molecule has 2 aromatic rings. The van der Waals surface area contributed by atoms with Gasteiger partial charge in [-0.3, -0.25) is 4.57 Å². The van der Waals surface area contributed by atoms with Gasteiger partial charge in [-0.1, -0.05) is 0 Å². The van der Waals surface area contributed by atoms with Gasteiger partial charge in [0.1, 0.15) is 18.5 Å². The molecule has 0 aromatic carbocycles. The molecular weight excluding hydrogens is 346 g/mol. The van der Waals surface area contributed by atoms with Crippen LogP contribution >= 0.6 is 11.8 Å². The summed E-state index contributed by atoms with van der Waals surface area (Å²) < 4.78 is 12.9. The number of hydrogen-bond acceptors (Lipinski definition) is 9. The van der Waals surface area contributed by atoms with E-state index >= 15 is 0 Å². The van der Waals surface area contributed by atoms with Crippen LogP contribution in [0.1, 0.15) is 12.6 Å². The van der Waals surface area contributed by atoms with E-state index in [9.17, 15) is 10.2 Å². The van der Waals surface area contributed by atoms with Gasteiger partial charge in [-0.05, 0) is 12.7 Å². The van der Waals surface area contributed by atoms with E-state index in [0.717, 1.165) is 13.0 Å². The maximum Gasteiger partial charge on any atom is 0.167 e. The Kier molecular flexibility index (Phi) is 4.78. The maximum atomic E-state index is 10.4. The fourth-order valence-electron chi connectivity index (χ4n) is 3.25. The van der Waals surface area contributed by atoms with Gasteiger partial charge >= 0.3 is 0 Å². The highest BCUT2D eigenvalue weighted by Gasteiger charge is 2.44. The van der Waals surface area contributed by atoms with E-state index in [-0.39, 0.29) is 6.04 Å². The van der Waals surface area contributed by atoms with E-state index in [4.69, 9.17) is 9.47 Å². The highest BCUT2D eigenvalue weighted by Crippen LogP contribution is 2.33. The van der Waals surface area contributed by atoms with E-state index in [1.807, 2.05) is 6.26 Å². The molecule has 4 heterocycles. The molecule has 0 aliphatic carbocycles. The first-order chi connectivity index (χ1) is 12.2. The van der Waals surface area contributed by atoms with Crippen molar-refractivity contribution in [3.8, 4) is 0 Å². The van der Waals surface area contributed by atoms with Crippen LogP contribution in [0.4, 0.5) is 5.82 Å². The number of rotatable bonds is 5. The van der Waals surface area contributed by atoms with Crippen molar-refractivity contribution >= 4 is 28.7 Å². The molecule has 0 saturated carbocycles. The SMILES string of the molecule is CSC[C@H]1OC(n2cnc3c(N[C@@H]4CCOC4)ncnc32)[C@H](O)[C@@H]1O. The number of aromatic nitrogens is 4. The molecule has 0 radical (unpaired) electrons. The molecule has 5 atom stereocenters. The minimum atomic E-state index is -1.04. The highest BCUT2D eigenvalue weighted by atomic mass is 32.2. The van der Waals surface area contributed by atoms with Crippen LogP contribution in [0.15, 0.2) is 12.7 Å². The average molecular weight is 367 g/mol. The molecule has 1 unspecified atom stereocenters. The van der Waals surface area contributed by atoms with Gasteiger partial charge < -0.3 is 25.0 Å². The summed E-state index contributed by atoms with van der Waals surface area (Å²) in [7, 11) is 0. The quantitative estimate of drug-likeness (QED) is 0.672. The minimum absolute atomic E-state index is 0.198. The Labute approximate surface area is 148 Å². The zero-order valence-electron chi connectivity index (χ0n) is 13.8. The molecule has 0 bridgehead atoms. The lowest BCUT2D eigenvalue weighted by atomic mass is 10.1. The molecule has 2 aliphatic rings. The number of aliphatic hydroxyl groups excluding tert-OH is 2. The number of nitrogens with zero attached hydrogens (tertiary/aromatic N) is 4. The first-order valence-corrected chi connectivity index (χ1v) is 9.60. The number of aliphatic hydroxyl groups is 2. The van der Waals surface area contributed by atoms with E-state index < -0.39 is 24.5 Å². The van der Waals surface area contributed by atoms with Crippen LogP contribution < -0.4 is 5.32 Å². The smallest absolute Gasteiger partial charge is 0.167 e. The number of hydrogen-bond donors (Lipinski definition) is 3. The molecule has 2 fully saturated rings. The van der Waals surface area contributed by atoms with Crippen LogP contribution in [0.2, 0.25) is 0 Å². The van der Waals surface area contributed by atoms with Gasteiger partial charge in [-0.2, -0.15) is 11.8 Å². The summed E-state index contributed by atoms with van der Waals surface area (Å²) in [6.07, 6.45) is 2.74. The first-order valence-electron chi connectivity index (χ1n) is 8.21. The molecule has 4 rings (SSSR count). The lowest BCUT2D eigenvalue weighted by Crippen LogP contribution is -2.32. The van der Waals surface area contributed by atoms with Gasteiger partial charge in [0.15, 0.2) is 23.2 Å². The average Bonchev–Trinajstić information content (AvgIpc) is 3.32. The van der Waals surface area contributed by atoms with Crippen molar-refractivity contribution in [2.45, 2.75) is 37.0 Å². The lowest BCUT2D eigenvalue weighted by Gasteiger charge is -2.17. The standard InChI is InChI=1S/C15H21N5O4S/c1-25-5-9-11(21)12(22)15(24-9)20-7-18-10-13(16-6-17-14(10)20)19-8-2-3-23-4-8/h6-9,11-12,15,21-22H,2-5H2,1H3,(H,16,17,19)/t8-,9-,11-,12-,15?/m1/s1. The van der Waals surface area contributed by atoms with Crippen molar-refractivity contribution in [2.24, 2.45) is 0 Å². The van der Waals surface area contributed by atoms with E-state index in [2.05, 4.69) is 20.3 Å². The molecule has 2 saturated heterocycles. The van der Waals surface area contributed by atoms with Crippen molar-refractivity contribution in [1.82, 2.24) is 19.5 Å². The zero-order chi connectivity index (χ0) is 17.4. The van der Waals surface area contributed by atoms with Crippen LogP contribution in [0, 0.1) is 0 Å². The van der Waals surface area contributed by atoms with Crippen LogP contribution in [0.5, 0.6) is 0 Å². The number of fused-ring (bicyclic) bond motifs is 1. The van der Waals surface area contributed by atoms with Gasteiger partial charge in [0.2, 0.25) is 0 Å². The molecule has 0 amide bonds. The van der Waals surface area contributed by atoms with Gasteiger partial charge in [0.05, 0.1) is 25.1 Å². The van der Waals surface area contributed by atoms with Gasteiger partial charge in [0, 0.05) is 12.4 Å². The molecule has 0 spiro atoms. The Morgan fingerprint density at radius 2 is 2.20 bits per heavy atom. The number of anilines is 1. The molecule has 3 N–H and O–H groups in total. The first kappa shape index (κ1) is 17.0. The summed E-state index contributed by atoms with van der Waals surface area (Å²) >= 11 is 1.56. The van der Waals surface area contributed by atoms with E-state index in [1.54, 1.807) is 22.7 Å². The predicted molar refractivity (Wildman–Crippen MR) is 92.5 cm³/mol. The summed E-state index contributed by atoms with van der Waals surface area (Å²) in [5.74, 6) is 1.23. The number of imidazole rings is 1. The predicted octanol–water partition coefficient (Wildman–Crippen LogP) is 0.00930. The molecule has 2 aromatic heterocycles. The highest BCUT2D eigenvalue weighted by molar-refractivity contribution is 7.98. The monoisotopic (exact) mass is 367 g/mol. The molecule has 9 nitrogen and oxygen atoms in total. The van der Waals surface area contributed by atoms with Crippen LogP contribution in [0.3, 0.4) is 0 Å². The van der Waals surface area contributed by atoms with Crippen LogP contribution in [0.25, 0.3) is 11.2 Å². The second kappa shape index (κ2) is 7.04. The topological polar surface area (TPSA) is 115 Å². The second-order valence-corrected chi connectivity index (χ2v) is 7.16. The van der Waals surface area contributed by atoms with Crippen molar-refractivity contribution in [3.63, 3.8) is 0 Å². The van der Waals surface area contributed by atoms with Crippen LogP contribution in [-0.4, -0.2) is 79.3 Å². The summed E-state index contributed by atoms with van der Waals surface area (Å²) in [6, 6.07) is 0.198. The number of ether oxygens (including phenoxy) is 2. The summed E-state index contributed by atoms with van der Waals surface area (Å²) in [5, 5.41) is 23.9. The van der Waals surface area contributed by atoms with E-state index in [1.165, 1.54) is 6.33 Å². The fourth-order valence-corrected chi connectivity index (χ4v) is 3.85. The Bertz CT molecular complexity index is 738. The van der Waals surface area contributed by atoms with Gasteiger partial charge in [-0.25, -0.2) is 15.0 Å². The van der Waals surface area contributed by atoms with Gasteiger partial charge in [-0.15, -0.1) is 0 Å². The van der Waals surface area contributed by atoms with Crippen molar-refractivity contribution in [2.75, 3.05) is 30.5 Å². The third kappa shape index (κ3) is 3.08. The molecule has 10 heteroatoms. The largest absolute Gasteiger partial charge is 0.387 e. The third-order valence-corrected chi connectivity index (χ3v) is 5.23. The Balaban J connectivity index is 1.62. The Hall–Kier alpha value is -1.46. The minimum Gasteiger partial charge on any atom is -0.387 e. The normalized spacial score (nSPS) is 32.5. The molecule has 25 heavy (non-hydrogen) atoms. The number of thioether (sulfide) groups is 1. The molecule has 2 aliphatic heterocycles. The van der Waals surface area contributed by atoms with Crippen molar-refractivity contribution < 1.29 is 19.7 Å². The maximum absolute atomic E-state index is 10.4. The fraction of sp³-hybridized carbons (Fsp3) is 0.667. The molecular formula is C15H21N5O4S. The summed E-state index contributed by atoms with van der Waals surface area (Å²) in [4.78, 5) is 13.0. The van der Waals surface area contributed by atoms with Gasteiger partial charge in [0.25, 0.3) is 0 Å². The second-order valence-electron chi connectivity index (χ2n) is 6.25. The Morgan fingerprint density at radius 1 is 1.32 bits per heavy atom.